The van der Waals surface area contributed by atoms with Crippen LogP contribution >= 0.6 is 0 Å². The number of anilines is 2. The molecule has 0 spiro atoms. The van der Waals surface area contributed by atoms with Gasteiger partial charge in [-0.3, -0.25) is 9.59 Å². The van der Waals surface area contributed by atoms with E-state index < -0.39 is 17.6 Å². The van der Waals surface area contributed by atoms with Crippen LogP contribution in [0.2, 0.25) is 0 Å². The molecule has 3 aromatic carbocycles. The number of nitrogens with zero attached hydrogens (tertiary/aromatic N) is 1. The van der Waals surface area contributed by atoms with Gasteiger partial charge in [0, 0.05) is 5.69 Å². The van der Waals surface area contributed by atoms with Crippen LogP contribution in [-0.2, 0) is 9.59 Å². The third-order valence-corrected chi connectivity index (χ3v) is 4.99. The number of benzene rings is 3. The topological polar surface area (TPSA) is 49.4 Å². The Hall–Kier alpha value is -3.73. The van der Waals surface area contributed by atoms with Crippen LogP contribution in [-0.4, -0.2) is 11.8 Å². The minimum Gasteiger partial charge on any atom is -0.350 e. The Kier molecular flexibility index (Phi) is 4.72. The van der Waals surface area contributed by atoms with E-state index in [2.05, 4.69) is 5.32 Å². The zero-order chi connectivity index (χ0) is 20.5. The number of carbonyl (C=O) groups excluding carboxylic acids is 2. The smallest absolute Gasteiger partial charge is 0.282 e. The van der Waals surface area contributed by atoms with Crippen LogP contribution in [0.1, 0.15) is 16.7 Å². The van der Waals surface area contributed by atoms with Gasteiger partial charge in [0.05, 0.1) is 11.3 Å². The van der Waals surface area contributed by atoms with Crippen LogP contribution in [0.3, 0.4) is 0 Å². The Labute approximate surface area is 168 Å². The van der Waals surface area contributed by atoms with Gasteiger partial charge in [-0.15, -0.1) is 0 Å². The third-order valence-electron chi connectivity index (χ3n) is 4.99. The summed E-state index contributed by atoms with van der Waals surface area (Å²) >= 11 is 0. The normalized spacial score (nSPS) is 14.0. The maximum absolute atomic E-state index is 13.6. The molecule has 3 aromatic rings. The fourth-order valence-corrected chi connectivity index (χ4v) is 3.33. The maximum Gasteiger partial charge on any atom is 0.282 e. The van der Waals surface area contributed by atoms with Crippen molar-refractivity contribution in [3.63, 3.8) is 0 Å². The largest absolute Gasteiger partial charge is 0.350 e. The fraction of sp³-hybridized carbons (Fsp3) is 0.0833. The molecule has 0 unspecified atom stereocenters. The molecule has 0 saturated carbocycles. The van der Waals surface area contributed by atoms with Crippen LogP contribution < -0.4 is 10.2 Å². The maximum atomic E-state index is 13.6. The van der Waals surface area contributed by atoms with E-state index in [0.717, 1.165) is 16.0 Å². The first-order valence-electron chi connectivity index (χ1n) is 9.24. The summed E-state index contributed by atoms with van der Waals surface area (Å²) < 4.78 is 13.6. The Morgan fingerprint density at radius 3 is 2.24 bits per heavy atom. The first-order chi connectivity index (χ1) is 14.0. The quantitative estimate of drug-likeness (QED) is 0.653. The average molecular weight is 386 g/mol. The molecular weight excluding hydrogens is 367 g/mol. The van der Waals surface area contributed by atoms with Crippen LogP contribution in [0.15, 0.2) is 78.5 Å². The van der Waals surface area contributed by atoms with Gasteiger partial charge in [0.2, 0.25) is 0 Å². The zero-order valence-corrected chi connectivity index (χ0v) is 16.1. The molecule has 0 radical (unpaired) electrons. The van der Waals surface area contributed by atoms with Crippen molar-refractivity contribution < 1.29 is 14.0 Å². The monoisotopic (exact) mass is 386 g/mol. The van der Waals surface area contributed by atoms with Gasteiger partial charge < -0.3 is 5.32 Å². The van der Waals surface area contributed by atoms with E-state index in [0.29, 0.717) is 16.9 Å². The number of hydrogen-bond acceptors (Lipinski definition) is 3. The molecule has 5 heteroatoms. The van der Waals surface area contributed by atoms with Crippen LogP contribution in [0.4, 0.5) is 15.8 Å². The second-order valence-corrected chi connectivity index (χ2v) is 6.97. The highest BCUT2D eigenvalue weighted by molar-refractivity contribution is 6.46. The lowest BCUT2D eigenvalue weighted by Crippen LogP contribution is -2.32. The summed E-state index contributed by atoms with van der Waals surface area (Å²) in [5, 5.41) is 2.96. The molecule has 0 aliphatic carbocycles. The fourth-order valence-electron chi connectivity index (χ4n) is 3.33. The van der Waals surface area contributed by atoms with Gasteiger partial charge in [-0.05, 0) is 60.9 Å². The van der Waals surface area contributed by atoms with Crippen molar-refractivity contribution in [2.45, 2.75) is 13.8 Å². The molecule has 4 rings (SSSR count). The Morgan fingerprint density at radius 1 is 0.793 bits per heavy atom. The van der Waals surface area contributed by atoms with Gasteiger partial charge in [0.25, 0.3) is 11.8 Å². The van der Waals surface area contributed by atoms with Gasteiger partial charge in [-0.2, -0.15) is 0 Å². The van der Waals surface area contributed by atoms with Crippen molar-refractivity contribution in [3.8, 4) is 0 Å². The molecule has 1 aliphatic heterocycles. The Bertz CT molecular complexity index is 1150. The van der Waals surface area contributed by atoms with Crippen LogP contribution in [0, 0.1) is 19.7 Å². The molecule has 4 nitrogen and oxygen atoms in total. The minimum atomic E-state index is -0.471. The molecule has 1 heterocycles. The molecule has 1 N–H and O–H groups in total. The van der Waals surface area contributed by atoms with E-state index >= 15 is 0 Å². The van der Waals surface area contributed by atoms with Crippen LogP contribution in [0.25, 0.3) is 5.57 Å². The molecule has 0 aromatic heterocycles. The van der Waals surface area contributed by atoms with Gasteiger partial charge in [0.15, 0.2) is 0 Å². The van der Waals surface area contributed by atoms with E-state index in [1.807, 2.05) is 32.0 Å². The van der Waals surface area contributed by atoms with Crippen molar-refractivity contribution >= 4 is 28.8 Å². The van der Waals surface area contributed by atoms with Crippen molar-refractivity contribution in [2.75, 3.05) is 10.2 Å². The number of imide groups is 1. The van der Waals surface area contributed by atoms with Crippen molar-refractivity contribution in [3.05, 3.63) is 101 Å². The lowest BCUT2D eigenvalue weighted by molar-refractivity contribution is -0.120. The first-order valence-corrected chi connectivity index (χ1v) is 9.24. The van der Waals surface area contributed by atoms with Gasteiger partial charge >= 0.3 is 0 Å². The van der Waals surface area contributed by atoms with E-state index in [4.69, 9.17) is 0 Å². The Morgan fingerprint density at radius 2 is 1.55 bits per heavy atom. The number of aryl methyl sites for hydroxylation is 2. The Balaban J connectivity index is 1.82. The second kappa shape index (κ2) is 7.36. The van der Waals surface area contributed by atoms with E-state index in [1.165, 1.54) is 12.1 Å². The number of carbonyl (C=O) groups is 2. The molecule has 0 bridgehead atoms. The minimum absolute atomic E-state index is 0.130. The van der Waals surface area contributed by atoms with Crippen molar-refractivity contribution in [1.82, 2.24) is 0 Å². The number of rotatable bonds is 4. The van der Waals surface area contributed by atoms with Crippen LogP contribution in [0.5, 0.6) is 0 Å². The van der Waals surface area contributed by atoms with E-state index in [-0.39, 0.29) is 11.3 Å². The van der Waals surface area contributed by atoms with E-state index in [9.17, 15) is 14.0 Å². The zero-order valence-electron chi connectivity index (χ0n) is 16.1. The third kappa shape index (κ3) is 3.43. The van der Waals surface area contributed by atoms with Gasteiger partial charge in [-0.25, -0.2) is 9.29 Å². The summed E-state index contributed by atoms with van der Waals surface area (Å²) in [6.07, 6.45) is 0. The summed E-state index contributed by atoms with van der Waals surface area (Å²) in [6, 6.07) is 20.2. The van der Waals surface area contributed by atoms with Crippen molar-refractivity contribution in [2.24, 2.45) is 0 Å². The highest BCUT2D eigenvalue weighted by Gasteiger charge is 2.40. The molecule has 29 heavy (non-hydrogen) atoms. The summed E-state index contributed by atoms with van der Waals surface area (Å²) in [5.41, 5.74) is 3.97. The van der Waals surface area contributed by atoms with Gasteiger partial charge in [-0.1, -0.05) is 42.5 Å². The highest BCUT2D eigenvalue weighted by atomic mass is 19.1. The molecular formula is C24H19FN2O2. The molecule has 2 amide bonds. The molecule has 144 valence electrons. The number of halogens is 1. The summed E-state index contributed by atoms with van der Waals surface area (Å²) in [4.78, 5) is 27.8. The highest BCUT2D eigenvalue weighted by Crippen LogP contribution is 2.34. The lowest BCUT2D eigenvalue weighted by Gasteiger charge is -2.17. The SMILES string of the molecule is Cc1ccc(N2C(=O)C(Nc3cccc(F)c3)=C(c3ccccc3)C2=O)cc1C. The predicted octanol–water partition coefficient (Wildman–Crippen LogP) is 4.84. The molecule has 0 fully saturated rings. The number of amides is 2. The summed E-state index contributed by atoms with van der Waals surface area (Å²) in [7, 11) is 0. The lowest BCUT2D eigenvalue weighted by atomic mass is 10.0. The average Bonchev–Trinajstić information content (AvgIpc) is 2.95. The summed E-state index contributed by atoms with van der Waals surface area (Å²) in [5.74, 6) is -1.32. The molecule has 0 atom stereocenters. The first kappa shape index (κ1) is 18.6. The predicted molar refractivity (Wildman–Crippen MR) is 112 cm³/mol. The summed E-state index contributed by atoms with van der Waals surface area (Å²) in [6.45, 7) is 3.90. The number of hydrogen-bond donors (Lipinski definition) is 1. The molecule has 0 saturated heterocycles. The second-order valence-electron chi connectivity index (χ2n) is 6.97. The standard InChI is InChI=1S/C24H19FN2O2/c1-15-11-12-20(13-16(15)2)27-23(28)21(17-7-4-3-5-8-17)22(24(27)29)26-19-10-6-9-18(25)14-19/h3-14,26H,1-2H3. The van der Waals surface area contributed by atoms with E-state index in [1.54, 1.807) is 42.5 Å². The van der Waals surface area contributed by atoms with Crippen molar-refractivity contribution in [1.29, 1.82) is 0 Å². The van der Waals surface area contributed by atoms with Gasteiger partial charge in [0.1, 0.15) is 11.5 Å². The molecule has 1 aliphatic rings. The number of nitrogens with one attached hydrogen (secondary N) is 1.